The molecule has 0 aromatic carbocycles. The lowest BCUT2D eigenvalue weighted by Crippen LogP contribution is -2.42. The standard InChI is InChI=1S/C13H25NO2/c1-4-5-6-7-8-12(16)14-10-11(15)9-13(14,2)3/h11,15H,4-10H2,1-3H3. The van der Waals surface area contributed by atoms with Crippen molar-refractivity contribution >= 4 is 5.91 Å². The molecule has 94 valence electrons. The number of aliphatic hydroxyl groups is 1. The summed E-state index contributed by atoms with van der Waals surface area (Å²) in [6.07, 6.45) is 5.52. The largest absolute Gasteiger partial charge is 0.391 e. The number of hydrogen-bond acceptors (Lipinski definition) is 2. The fourth-order valence-electron chi connectivity index (χ4n) is 2.49. The number of β-amino-alcohol motifs (C(OH)–C–C–N with tert-alkyl or cyclic N) is 1. The molecule has 0 saturated carbocycles. The van der Waals surface area contributed by atoms with Gasteiger partial charge in [-0.1, -0.05) is 26.2 Å². The van der Waals surface area contributed by atoms with Gasteiger partial charge in [0, 0.05) is 18.5 Å². The van der Waals surface area contributed by atoms with E-state index in [0.29, 0.717) is 19.4 Å². The number of unbranched alkanes of at least 4 members (excludes halogenated alkanes) is 3. The van der Waals surface area contributed by atoms with Gasteiger partial charge in [0.05, 0.1) is 6.10 Å². The molecule has 0 bridgehead atoms. The number of likely N-dealkylation sites (tertiary alicyclic amines) is 1. The average molecular weight is 227 g/mol. The van der Waals surface area contributed by atoms with Gasteiger partial charge >= 0.3 is 0 Å². The molecule has 1 fully saturated rings. The predicted molar refractivity (Wildman–Crippen MR) is 65.2 cm³/mol. The van der Waals surface area contributed by atoms with E-state index in [1.165, 1.54) is 12.8 Å². The normalized spacial score (nSPS) is 23.8. The van der Waals surface area contributed by atoms with Gasteiger partial charge in [-0.3, -0.25) is 4.79 Å². The smallest absolute Gasteiger partial charge is 0.223 e. The molecular weight excluding hydrogens is 202 g/mol. The van der Waals surface area contributed by atoms with E-state index in [9.17, 15) is 9.90 Å². The molecule has 0 aliphatic carbocycles. The number of aliphatic hydroxyl groups excluding tert-OH is 1. The van der Waals surface area contributed by atoms with Crippen molar-refractivity contribution in [1.82, 2.24) is 4.90 Å². The summed E-state index contributed by atoms with van der Waals surface area (Å²) < 4.78 is 0. The van der Waals surface area contributed by atoms with E-state index >= 15 is 0 Å². The summed E-state index contributed by atoms with van der Waals surface area (Å²) in [5.74, 6) is 0.206. The molecule has 1 atom stereocenters. The minimum absolute atomic E-state index is 0.165. The highest BCUT2D eigenvalue weighted by Gasteiger charge is 2.39. The van der Waals surface area contributed by atoms with Crippen LogP contribution in [0, 0.1) is 0 Å². The monoisotopic (exact) mass is 227 g/mol. The van der Waals surface area contributed by atoms with E-state index in [4.69, 9.17) is 0 Å². The van der Waals surface area contributed by atoms with Crippen molar-refractivity contribution in [3.8, 4) is 0 Å². The van der Waals surface area contributed by atoms with Gasteiger partial charge < -0.3 is 10.0 Å². The number of carbonyl (C=O) groups is 1. The zero-order valence-electron chi connectivity index (χ0n) is 10.8. The highest BCUT2D eigenvalue weighted by molar-refractivity contribution is 5.77. The lowest BCUT2D eigenvalue weighted by Gasteiger charge is -2.31. The Balaban J connectivity index is 2.36. The maximum absolute atomic E-state index is 12.0. The van der Waals surface area contributed by atoms with E-state index in [1.807, 2.05) is 18.7 Å². The van der Waals surface area contributed by atoms with Crippen molar-refractivity contribution in [3.05, 3.63) is 0 Å². The summed E-state index contributed by atoms with van der Waals surface area (Å²) in [6.45, 7) is 6.75. The van der Waals surface area contributed by atoms with Gasteiger partial charge in [-0.15, -0.1) is 0 Å². The summed E-state index contributed by atoms with van der Waals surface area (Å²) in [5.41, 5.74) is -0.165. The van der Waals surface area contributed by atoms with E-state index in [1.54, 1.807) is 0 Å². The Morgan fingerprint density at radius 2 is 2.06 bits per heavy atom. The molecule has 3 nitrogen and oxygen atoms in total. The van der Waals surface area contributed by atoms with Crippen LogP contribution in [0.1, 0.15) is 59.3 Å². The molecule has 1 unspecified atom stereocenters. The van der Waals surface area contributed by atoms with Crippen LogP contribution in [-0.4, -0.2) is 34.1 Å². The molecule has 0 aromatic heterocycles. The number of carbonyl (C=O) groups excluding carboxylic acids is 1. The molecule has 0 radical (unpaired) electrons. The third kappa shape index (κ3) is 3.48. The first-order valence-electron chi connectivity index (χ1n) is 6.46. The molecule has 0 aromatic rings. The topological polar surface area (TPSA) is 40.5 Å². The van der Waals surface area contributed by atoms with Gasteiger partial charge in [0.25, 0.3) is 0 Å². The first kappa shape index (κ1) is 13.5. The van der Waals surface area contributed by atoms with Crippen LogP contribution in [0.25, 0.3) is 0 Å². The molecule has 1 rings (SSSR count). The van der Waals surface area contributed by atoms with Crippen molar-refractivity contribution < 1.29 is 9.90 Å². The minimum Gasteiger partial charge on any atom is -0.391 e. The van der Waals surface area contributed by atoms with E-state index in [0.717, 1.165) is 12.8 Å². The van der Waals surface area contributed by atoms with Gasteiger partial charge in [-0.2, -0.15) is 0 Å². The zero-order chi connectivity index (χ0) is 12.2. The number of nitrogens with zero attached hydrogens (tertiary/aromatic N) is 1. The molecular formula is C13H25NO2. The van der Waals surface area contributed by atoms with Gasteiger partial charge in [0.1, 0.15) is 0 Å². The van der Waals surface area contributed by atoms with E-state index in [2.05, 4.69) is 6.92 Å². The van der Waals surface area contributed by atoms with Crippen LogP contribution >= 0.6 is 0 Å². The van der Waals surface area contributed by atoms with Crippen LogP contribution in [0.2, 0.25) is 0 Å². The van der Waals surface area contributed by atoms with Crippen molar-refractivity contribution in [1.29, 1.82) is 0 Å². The molecule has 0 spiro atoms. The second-order valence-electron chi connectivity index (χ2n) is 5.49. The Morgan fingerprint density at radius 3 is 2.56 bits per heavy atom. The summed E-state index contributed by atoms with van der Waals surface area (Å²) in [7, 11) is 0. The summed E-state index contributed by atoms with van der Waals surface area (Å²) >= 11 is 0. The zero-order valence-corrected chi connectivity index (χ0v) is 10.8. The molecule has 1 aliphatic rings. The van der Waals surface area contributed by atoms with Crippen molar-refractivity contribution in [2.45, 2.75) is 70.9 Å². The Bertz CT molecular complexity index is 238. The number of hydrogen-bond donors (Lipinski definition) is 1. The third-order valence-corrected chi connectivity index (χ3v) is 3.40. The maximum atomic E-state index is 12.0. The maximum Gasteiger partial charge on any atom is 0.223 e. The van der Waals surface area contributed by atoms with Crippen LogP contribution in [0.5, 0.6) is 0 Å². The van der Waals surface area contributed by atoms with Crippen LogP contribution in [0.3, 0.4) is 0 Å². The van der Waals surface area contributed by atoms with Gasteiger partial charge in [-0.05, 0) is 26.7 Å². The number of rotatable bonds is 5. The highest BCUT2D eigenvalue weighted by atomic mass is 16.3. The fourth-order valence-corrected chi connectivity index (χ4v) is 2.49. The predicted octanol–water partition coefficient (Wildman–Crippen LogP) is 2.33. The van der Waals surface area contributed by atoms with Crippen LogP contribution in [0.15, 0.2) is 0 Å². The Hall–Kier alpha value is -0.570. The Morgan fingerprint density at radius 1 is 1.38 bits per heavy atom. The van der Waals surface area contributed by atoms with Gasteiger partial charge in [0.15, 0.2) is 0 Å². The fraction of sp³-hybridized carbons (Fsp3) is 0.923. The highest BCUT2D eigenvalue weighted by Crippen LogP contribution is 2.29. The van der Waals surface area contributed by atoms with E-state index < -0.39 is 0 Å². The summed E-state index contributed by atoms with van der Waals surface area (Å²) in [6, 6.07) is 0. The lowest BCUT2D eigenvalue weighted by atomic mass is 10.0. The second kappa shape index (κ2) is 5.67. The second-order valence-corrected chi connectivity index (χ2v) is 5.49. The third-order valence-electron chi connectivity index (χ3n) is 3.40. The average Bonchev–Trinajstić information content (AvgIpc) is 2.46. The van der Waals surface area contributed by atoms with Crippen molar-refractivity contribution in [2.75, 3.05) is 6.54 Å². The Labute approximate surface area is 98.8 Å². The first-order chi connectivity index (χ1) is 7.47. The van der Waals surface area contributed by atoms with E-state index in [-0.39, 0.29) is 17.6 Å². The van der Waals surface area contributed by atoms with Gasteiger partial charge in [-0.25, -0.2) is 0 Å². The number of amides is 1. The summed E-state index contributed by atoms with van der Waals surface area (Å²) in [4.78, 5) is 13.8. The molecule has 3 heteroatoms. The molecule has 1 amide bonds. The van der Waals surface area contributed by atoms with Crippen LogP contribution < -0.4 is 0 Å². The van der Waals surface area contributed by atoms with Crippen molar-refractivity contribution in [2.24, 2.45) is 0 Å². The van der Waals surface area contributed by atoms with Crippen LogP contribution in [0.4, 0.5) is 0 Å². The molecule has 1 saturated heterocycles. The van der Waals surface area contributed by atoms with Gasteiger partial charge in [0.2, 0.25) is 5.91 Å². The Kier molecular flexibility index (Phi) is 4.78. The summed E-state index contributed by atoms with van der Waals surface area (Å²) in [5, 5.41) is 9.60. The molecule has 1 aliphatic heterocycles. The minimum atomic E-state index is -0.338. The first-order valence-corrected chi connectivity index (χ1v) is 6.46. The SMILES string of the molecule is CCCCCCC(=O)N1CC(O)CC1(C)C. The molecule has 1 N–H and O–H groups in total. The lowest BCUT2D eigenvalue weighted by molar-refractivity contribution is -0.134. The van der Waals surface area contributed by atoms with Crippen molar-refractivity contribution in [3.63, 3.8) is 0 Å². The quantitative estimate of drug-likeness (QED) is 0.732. The molecule has 16 heavy (non-hydrogen) atoms. The molecule has 1 heterocycles. The van der Waals surface area contributed by atoms with Crippen LogP contribution in [-0.2, 0) is 4.79 Å².